The normalized spacial score (nSPS) is 11.5. The van der Waals surface area contributed by atoms with Crippen LogP contribution in [0.4, 0.5) is 0 Å². The average molecular weight is 127 g/mol. The zero-order valence-electron chi connectivity index (χ0n) is 3.10. The van der Waals surface area contributed by atoms with Gasteiger partial charge in [-0.05, 0) is 0 Å². The quantitative estimate of drug-likeness (QED) is 0.348. The van der Waals surface area contributed by atoms with Crippen LogP contribution in [0.3, 0.4) is 0 Å². The second-order valence-electron chi connectivity index (χ2n) is 0.642. The minimum Gasteiger partial charge on any atom is -0.250 e. The van der Waals surface area contributed by atoms with Crippen LogP contribution in [0.1, 0.15) is 0 Å². The molecule has 0 radical (unpaired) electrons. The predicted octanol–water partition coefficient (Wildman–Crippen LogP) is -1.39. The Bertz CT molecular complexity index is 116. The van der Waals surface area contributed by atoms with Gasteiger partial charge in [0.1, 0.15) is 0 Å². The van der Waals surface area contributed by atoms with E-state index in [0.717, 1.165) is 0 Å². The fourth-order valence-corrected chi connectivity index (χ4v) is 0. The molecule has 0 heterocycles. The highest BCUT2D eigenvalue weighted by Gasteiger charge is 1.92. The number of hydrogen-bond donors (Lipinski definition) is 1. The van der Waals surface area contributed by atoms with Gasteiger partial charge in [0.05, 0.1) is 0 Å². The van der Waals surface area contributed by atoms with Crippen molar-refractivity contribution in [2.24, 2.45) is 0 Å². The third kappa shape index (κ3) is 4.26. The first-order valence-corrected chi connectivity index (χ1v) is 3.50. The highest BCUT2D eigenvalue weighted by Crippen LogP contribution is 1.83. The average Bonchev–Trinajstić information content (AvgIpc) is 1.35. The van der Waals surface area contributed by atoms with Crippen molar-refractivity contribution in [2.75, 3.05) is 0 Å². The van der Waals surface area contributed by atoms with Gasteiger partial charge >= 0.3 is 0 Å². The van der Waals surface area contributed by atoms with Crippen molar-refractivity contribution < 1.29 is 8.42 Å². The van der Waals surface area contributed by atoms with Gasteiger partial charge in [0, 0.05) is 10.7 Å². The van der Waals surface area contributed by atoms with Gasteiger partial charge in [-0.1, -0.05) is 0 Å². The molecule has 0 fully saturated rings. The lowest BCUT2D eigenvalue weighted by Gasteiger charge is -1.81. The summed E-state index contributed by atoms with van der Waals surface area (Å²) >= 11 is 0. The Morgan fingerprint density at radius 3 is 1.83 bits per heavy atom. The summed E-state index contributed by atoms with van der Waals surface area (Å²) in [4.78, 5) is 0. The lowest BCUT2D eigenvalue weighted by Crippen LogP contribution is -2.12. The molecule has 0 bridgehead atoms. The minimum atomic E-state index is -3.44. The maximum atomic E-state index is 9.65. The van der Waals surface area contributed by atoms with Gasteiger partial charge in [-0.15, -0.1) is 0 Å². The topological polar surface area (TPSA) is 46.2 Å². The van der Waals surface area contributed by atoms with E-state index >= 15 is 0 Å². The van der Waals surface area contributed by atoms with Crippen molar-refractivity contribution >= 4 is 27.9 Å². The first-order valence-electron chi connectivity index (χ1n) is 1.19. The zero-order chi connectivity index (χ0) is 5.21. The lowest BCUT2D eigenvalue weighted by atomic mass is 10.5. The fourth-order valence-electron chi connectivity index (χ4n) is 0. The lowest BCUT2D eigenvalue weighted by molar-refractivity contribution is 0.607. The Labute approximate surface area is 41.7 Å². The van der Waals surface area contributed by atoms with Crippen molar-refractivity contribution in [3.63, 3.8) is 0 Å². The molecule has 0 atom stereocenters. The molecule has 0 spiro atoms. The van der Waals surface area contributed by atoms with Crippen LogP contribution in [-0.2, 0) is 9.24 Å². The third-order valence-electron chi connectivity index (χ3n) is 0.244. The molecule has 0 saturated heterocycles. The highest BCUT2D eigenvalue weighted by molar-refractivity contribution is 8.12. The molecule has 0 aromatic carbocycles. The van der Waals surface area contributed by atoms with Gasteiger partial charge < -0.3 is 0 Å². The van der Waals surface area contributed by atoms with Crippen LogP contribution in [0.25, 0.3) is 0 Å². The van der Waals surface area contributed by atoms with Gasteiger partial charge in [0.2, 0.25) is 7.98 Å². The second kappa shape index (κ2) is 1.81. The van der Waals surface area contributed by atoms with Crippen LogP contribution in [0.15, 0.2) is 0 Å². The Morgan fingerprint density at radius 1 is 1.67 bits per heavy atom. The molecule has 0 aliphatic rings. The molecule has 0 saturated carbocycles. The molecule has 0 aromatic heterocycles. The maximum absolute atomic E-state index is 9.65. The largest absolute Gasteiger partial charge is 0.286 e. The minimum absolute atomic E-state index is 1.24. The number of rotatable bonds is 1. The van der Waals surface area contributed by atoms with Crippen LogP contribution in [0.5, 0.6) is 0 Å². The van der Waals surface area contributed by atoms with Gasteiger partial charge in [-0.2, -0.15) is 8.42 Å². The smallest absolute Gasteiger partial charge is 0.250 e. The van der Waals surface area contributed by atoms with Crippen LogP contribution in [-0.4, -0.2) is 16.4 Å². The van der Waals surface area contributed by atoms with E-state index in [4.69, 9.17) is 0 Å². The Kier molecular flexibility index (Phi) is 1.89. The molecule has 0 aliphatic carbocycles. The number of halogens is 1. The van der Waals surface area contributed by atoms with Gasteiger partial charge in [-0.25, -0.2) is 0 Å². The molecular formula is H3BClNO2S. The van der Waals surface area contributed by atoms with E-state index in [0.29, 0.717) is 0 Å². The Balaban J connectivity index is 3.85. The molecule has 3 nitrogen and oxygen atoms in total. The monoisotopic (exact) mass is 127 g/mol. The third-order valence-corrected chi connectivity index (χ3v) is 1.19. The summed E-state index contributed by atoms with van der Waals surface area (Å²) in [6.45, 7) is 0. The van der Waals surface area contributed by atoms with Gasteiger partial charge in [0.15, 0.2) is 0 Å². The number of hydrogen-bond acceptors (Lipinski definition) is 2. The van der Waals surface area contributed by atoms with Crippen LogP contribution in [0, 0.1) is 0 Å². The van der Waals surface area contributed by atoms with Crippen LogP contribution >= 0.6 is 10.7 Å². The van der Waals surface area contributed by atoms with Crippen LogP contribution < -0.4 is 4.63 Å². The van der Waals surface area contributed by atoms with E-state index in [1.807, 2.05) is 4.63 Å². The summed E-state index contributed by atoms with van der Waals surface area (Å²) in [7, 11) is 2.38. The molecule has 6 heavy (non-hydrogen) atoms. The SMILES string of the molecule is BNS(=O)(=O)Cl. The first kappa shape index (κ1) is 6.26. The Hall–Kier alpha value is 0.265. The summed E-state index contributed by atoms with van der Waals surface area (Å²) in [6.07, 6.45) is 0. The summed E-state index contributed by atoms with van der Waals surface area (Å²) in [6, 6.07) is 0. The van der Waals surface area contributed by atoms with Crippen molar-refractivity contribution in [1.82, 2.24) is 4.63 Å². The standard InChI is InChI=1S/BClH3NO2S/c1-3-6(2,4)5/h3H,1H2. The second-order valence-corrected chi connectivity index (χ2v) is 3.14. The van der Waals surface area contributed by atoms with Crippen molar-refractivity contribution in [3.05, 3.63) is 0 Å². The maximum Gasteiger partial charge on any atom is 0.286 e. The van der Waals surface area contributed by atoms with E-state index in [2.05, 4.69) is 10.7 Å². The highest BCUT2D eigenvalue weighted by atomic mass is 35.7. The zero-order valence-corrected chi connectivity index (χ0v) is 4.68. The summed E-state index contributed by atoms with van der Waals surface area (Å²) in [5.74, 6) is 0. The van der Waals surface area contributed by atoms with E-state index in [1.165, 1.54) is 7.98 Å². The predicted molar refractivity (Wildman–Crippen MR) is 26.5 cm³/mol. The number of nitrogens with one attached hydrogen (secondary N) is 1. The summed E-state index contributed by atoms with van der Waals surface area (Å²) in [5.41, 5.74) is 0. The first-order chi connectivity index (χ1) is 2.56. The van der Waals surface area contributed by atoms with E-state index in [1.54, 1.807) is 0 Å². The molecule has 0 unspecified atom stereocenters. The fraction of sp³-hybridized carbons (Fsp3) is 0. The van der Waals surface area contributed by atoms with Gasteiger partial charge in [-0.3, -0.25) is 4.63 Å². The van der Waals surface area contributed by atoms with Crippen LogP contribution in [0.2, 0.25) is 0 Å². The molecule has 0 rings (SSSR count). The van der Waals surface area contributed by atoms with E-state index in [-0.39, 0.29) is 0 Å². The molecule has 1 N–H and O–H groups in total. The molecule has 0 aromatic rings. The molecule has 6 heteroatoms. The summed E-state index contributed by atoms with van der Waals surface area (Å²) < 4.78 is 21.2. The van der Waals surface area contributed by atoms with E-state index < -0.39 is 9.24 Å². The Morgan fingerprint density at radius 2 is 1.83 bits per heavy atom. The van der Waals surface area contributed by atoms with E-state index in [9.17, 15) is 8.42 Å². The molecule has 0 aliphatic heterocycles. The molecule has 36 valence electrons. The van der Waals surface area contributed by atoms with Crippen molar-refractivity contribution in [1.29, 1.82) is 0 Å². The van der Waals surface area contributed by atoms with Gasteiger partial charge in [0.25, 0.3) is 9.24 Å². The molecular weight excluding hydrogens is 124 g/mol. The summed E-state index contributed by atoms with van der Waals surface area (Å²) in [5, 5.41) is 0. The molecule has 0 amide bonds. The van der Waals surface area contributed by atoms with Crippen molar-refractivity contribution in [3.8, 4) is 0 Å². The van der Waals surface area contributed by atoms with Crippen molar-refractivity contribution in [2.45, 2.75) is 0 Å².